The standard InChI is InChI=1S/C16H30N2O/c1-12-7-6-9-14(11-12)18(3)16(19)17-15-10-5-4-8-13(15)2/h12-15H,4-11H2,1-3H3,(H,17,19). The van der Waals surface area contributed by atoms with Gasteiger partial charge in [-0.1, -0.05) is 39.5 Å². The summed E-state index contributed by atoms with van der Waals surface area (Å²) in [7, 11) is 1.98. The van der Waals surface area contributed by atoms with Gasteiger partial charge in [0.1, 0.15) is 0 Å². The first-order valence-electron chi connectivity index (χ1n) is 8.11. The van der Waals surface area contributed by atoms with Crippen LogP contribution in [0.25, 0.3) is 0 Å². The van der Waals surface area contributed by atoms with Crippen molar-refractivity contribution in [3.8, 4) is 0 Å². The summed E-state index contributed by atoms with van der Waals surface area (Å²) in [5, 5.41) is 3.27. The molecule has 3 nitrogen and oxygen atoms in total. The van der Waals surface area contributed by atoms with E-state index in [1.807, 2.05) is 11.9 Å². The van der Waals surface area contributed by atoms with E-state index >= 15 is 0 Å². The summed E-state index contributed by atoms with van der Waals surface area (Å²) in [5.41, 5.74) is 0. The van der Waals surface area contributed by atoms with Gasteiger partial charge in [0, 0.05) is 19.1 Å². The first-order chi connectivity index (χ1) is 9.08. The van der Waals surface area contributed by atoms with Crippen molar-refractivity contribution in [2.75, 3.05) is 7.05 Å². The molecular formula is C16H30N2O. The van der Waals surface area contributed by atoms with Gasteiger partial charge in [-0.15, -0.1) is 0 Å². The molecular weight excluding hydrogens is 236 g/mol. The van der Waals surface area contributed by atoms with E-state index in [9.17, 15) is 4.79 Å². The third kappa shape index (κ3) is 3.87. The highest BCUT2D eigenvalue weighted by Gasteiger charge is 2.28. The Hall–Kier alpha value is -0.730. The minimum Gasteiger partial charge on any atom is -0.335 e. The van der Waals surface area contributed by atoms with Gasteiger partial charge in [-0.3, -0.25) is 0 Å². The van der Waals surface area contributed by atoms with Crippen molar-refractivity contribution >= 4 is 6.03 Å². The number of hydrogen-bond donors (Lipinski definition) is 1. The van der Waals surface area contributed by atoms with Gasteiger partial charge >= 0.3 is 6.03 Å². The summed E-state index contributed by atoms with van der Waals surface area (Å²) in [4.78, 5) is 14.3. The van der Waals surface area contributed by atoms with Crippen LogP contribution in [0.4, 0.5) is 4.79 Å². The molecule has 2 fully saturated rings. The summed E-state index contributed by atoms with van der Waals surface area (Å²) >= 11 is 0. The van der Waals surface area contributed by atoms with E-state index in [-0.39, 0.29) is 6.03 Å². The number of rotatable bonds is 2. The van der Waals surface area contributed by atoms with Crippen LogP contribution in [0.2, 0.25) is 0 Å². The molecule has 2 rings (SSSR count). The largest absolute Gasteiger partial charge is 0.335 e. The van der Waals surface area contributed by atoms with Crippen LogP contribution in [0.5, 0.6) is 0 Å². The summed E-state index contributed by atoms with van der Waals surface area (Å²) in [5.74, 6) is 1.40. The van der Waals surface area contributed by atoms with Crippen molar-refractivity contribution in [1.29, 1.82) is 0 Å². The number of amides is 2. The SMILES string of the molecule is CC1CCCC(N(C)C(=O)NC2CCCCC2C)C1. The highest BCUT2D eigenvalue weighted by molar-refractivity contribution is 5.74. The van der Waals surface area contributed by atoms with Crippen LogP contribution in [0.3, 0.4) is 0 Å². The molecule has 0 spiro atoms. The van der Waals surface area contributed by atoms with Gasteiger partial charge in [-0.05, 0) is 37.5 Å². The molecule has 0 aliphatic heterocycles. The Bertz CT molecular complexity index is 305. The molecule has 0 aromatic carbocycles. The fourth-order valence-corrected chi connectivity index (χ4v) is 3.71. The third-order valence-electron chi connectivity index (χ3n) is 5.20. The molecule has 2 aliphatic carbocycles. The summed E-state index contributed by atoms with van der Waals surface area (Å²) in [6.45, 7) is 4.58. The monoisotopic (exact) mass is 266 g/mol. The van der Waals surface area contributed by atoms with Crippen LogP contribution in [0, 0.1) is 11.8 Å². The van der Waals surface area contributed by atoms with E-state index in [2.05, 4.69) is 19.2 Å². The molecule has 0 heterocycles. The Morgan fingerprint density at radius 3 is 2.47 bits per heavy atom. The average Bonchev–Trinajstić information content (AvgIpc) is 2.40. The topological polar surface area (TPSA) is 32.3 Å². The van der Waals surface area contributed by atoms with Crippen molar-refractivity contribution < 1.29 is 4.79 Å². The van der Waals surface area contributed by atoms with Gasteiger partial charge in [-0.25, -0.2) is 4.79 Å². The summed E-state index contributed by atoms with van der Waals surface area (Å²) in [6, 6.07) is 0.991. The highest BCUT2D eigenvalue weighted by Crippen LogP contribution is 2.27. The summed E-state index contributed by atoms with van der Waals surface area (Å²) < 4.78 is 0. The Morgan fingerprint density at radius 1 is 1.05 bits per heavy atom. The number of urea groups is 1. The smallest absolute Gasteiger partial charge is 0.317 e. The van der Waals surface area contributed by atoms with Crippen LogP contribution in [-0.2, 0) is 0 Å². The van der Waals surface area contributed by atoms with Gasteiger partial charge < -0.3 is 10.2 Å². The fraction of sp³-hybridized carbons (Fsp3) is 0.938. The van der Waals surface area contributed by atoms with Gasteiger partial charge in [0.25, 0.3) is 0 Å². The summed E-state index contributed by atoms with van der Waals surface area (Å²) in [6.07, 6.45) is 9.94. The molecule has 3 heteroatoms. The molecule has 0 bridgehead atoms. The molecule has 0 aromatic heterocycles. The first kappa shape index (κ1) is 14.7. The van der Waals surface area contributed by atoms with Crippen molar-refractivity contribution in [2.45, 2.75) is 77.3 Å². The number of hydrogen-bond acceptors (Lipinski definition) is 1. The molecule has 0 radical (unpaired) electrons. The lowest BCUT2D eigenvalue weighted by molar-refractivity contribution is 0.150. The molecule has 2 aliphatic rings. The lowest BCUT2D eigenvalue weighted by Gasteiger charge is -2.36. The van der Waals surface area contributed by atoms with Crippen molar-refractivity contribution in [1.82, 2.24) is 10.2 Å². The molecule has 110 valence electrons. The maximum Gasteiger partial charge on any atom is 0.317 e. The van der Waals surface area contributed by atoms with Gasteiger partial charge in [0.15, 0.2) is 0 Å². The van der Waals surface area contributed by atoms with Crippen molar-refractivity contribution in [3.05, 3.63) is 0 Å². The van der Waals surface area contributed by atoms with Crippen LogP contribution in [-0.4, -0.2) is 30.1 Å². The van der Waals surface area contributed by atoms with E-state index < -0.39 is 0 Å². The first-order valence-corrected chi connectivity index (χ1v) is 8.11. The lowest BCUT2D eigenvalue weighted by atomic mass is 9.85. The van der Waals surface area contributed by atoms with E-state index in [1.165, 1.54) is 44.9 Å². The average molecular weight is 266 g/mol. The Morgan fingerprint density at radius 2 is 1.79 bits per heavy atom. The van der Waals surface area contributed by atoms with Crippen LogP contribution in [0.15, 0.2) is 0 Å². The van der Waals surface area contributed by atoms with E-state index in [4.69, 9.17) is 0 Å². The predicted molar refractivity (Wildman–Crippen MR) is 79.1 cm³/mol. The number of carbonyl (C=O) groups excluding carboxylic acids is 1. The molecule has 0 aromatic rings. The fourth-order valence-electron chi connectivity index (χ4n) is 3.71. The van der Waals surface area contributed by atoms with Crippen molar-refractivity contribution in [2.24, 2.45) is 11.8 Å². The molecule has 4 atom stereocenters. The second-order valence-corrected chi connectivity index (χ2v) is 6.85. The maximum atomic E-state index is 12.4. The molecule has 2 amide bonds. The highest BCUT2D eigenvalue weighted by atomic mass is 16.2. The Labute approximate surface area is 118 Å². The number of carbonyl (C=O) groups is 1. The molecule has 19 heavy (non-hydrogen) atoms. The van der Waals surface area contributed by atoms with E-state index in [0.717, 1.165) is 12.3 Å². The number of nitrogens with zero attached hydrogens (tertiary/aromatic N) is 1. The minimum absolute atomic E-state index is 0.151. The zero-order chi connectivity index (χ0) is 13.8. The lowest BCUT2D eigenvalue weighted by Crippen LogP contribution is -2.50. The van der Waals surface area contributed by atoms with E-state index in [1.54, 1.807) is 0 Å². The van der Waals surface area contributed by atoms with Gasteiger partial charge in [0.2, 0.25) is 0 Å². The van der Waals surface area contributed by atoms with Crippen molar-refractivity contribution in [3.63, 3.8) is 0 Å². The molecule has 0 saturated heterocycles. The van der Waals surface area contributed by atoms with Gasteiger partial charge in [0.05, 0.1) is 0 Å². The second kappa shape index (κ2) is 6.62. The minimum atomic E-state index is 0.151. The molecule has 1 N–H and O–H groups in total. The van der Waals surface area contributed by atoms with Crippen LogP contribution < -0.4 is 5.32 Å². The normalized spacial score (nSPS) is 35.7. The zero-order valence-electron chi connectivity index (χ0n) is 12.8. The molecule has 2 saturated carbocycles. The molecule has 4 unspecified atom stereocenters. The number of nitrogens with one attached hydrogen (secondary N) is 1. The van der Waals surface area contributed by atoms with Crippen LogP contribution in [0.1, 0.15) is 65.2 Å². The third-order valence-corrected chi connectivity index (χ3v) is 5.20. The predicted octanol–water partition coefficient (Wildman–Crippen LogP) is 3.79. The van der Waals surface area contributed by atoms with Gasteiger partial charge in [-0.2, -0.15) is 0 Å². The maximum absolute atomic E-state index is 12.4. The second-order valence-electron chi connectivity index (χ2n) is 6.85. The van der Waals surface area contributed by atoms with E-state index in [0.29, 0.717) is 18.0 Å². The quantitative estimate of drug-likeness (QED) is 0.810. The Balaban J connectivity index is 1.84. The van der Waals surface area contributed by atoms with Crippen LogP contribution >= 0.6 is 0 Å². The Kier molecular flexibility index (Phi) is 5.12. The zero-order valence-corrected chi connectivity index (χ0v) is 12.8.